The van der Waals surface area contributed by atoms with Crippen LogP contribution in [0.2, 0.25) is 0 Å². The first-order valence-electron chi connectivity index (χ1n) is 7.53. The maximum Gasteiger partial charge on any atom is 0.345 e. The monoisotopic (exact) mass is 337 g/mol. The van der Waals surface area contributed by atoms with Gasteiger partial charge in [-0.15, -0.1) is 0 Å². The summed E-state index contributed by atoms with van der Waals surface area (Å²) in [7, 11) is 1.50. The lowest BCUT2D eigenvalue weighted by molar-refractivity contribution is -0.135. The largest absolute Gasteiger partial charge is 0.495 e. The first kappa shape index (κ1) is 16.4. The standard InChI is InChI=1S/C19H15NO5/c1-11(21)25-19(23)13-8-9-14-15(10-13)20-18(22)16(14)17(24-2)12-6-4-3-5-7-12/h3-10H,1-2H3,(H,20,22)/b17-16+. The van der Waals surface area contributed by atoms with Gasteiger partial charge < -0.3 is 14.8 Å². The summed E-state index contributed by atoms with van der Waals surface area (Å²) >= 11 is 0. The number of rotatable bonds is 3. The van der Waals surface area contributed by atoms with Crippen LogP contribution in [0.1, 0.15) is 28.4 Å². The van der Waals surface area contributed by atoms with E-state index in [1.54, 1.807) is 6.07 Å². The van der Waals surface area contributed by atoms with Gasteiger partial charge in [0, 0.05) is 18.1 Å². The molecule has 0 radical (unpaired) electrons. The van der Waals surface area contributed by atoms with Crippen LogP contribution in [0.5, 0.6) is 0 Å². The fourth-order valence-electron chi connectivity index (χ4n) is 2.67. The Kier molecular flexibility index (Phi) is 4.35. The Bertz CT molecular complexity index is 899. The van der Waals surface area contributed by atoms with Crippen molar-refractivity contribution < 1.29 is 23.9 Å². The summed E-state index contributed by atoms with van der Waals surface area (Å²) in [6.07, 6.45) is 0. The summed E-state index contributed by atoms with van der Waals surface area (Å²) < 4.78 is 10.0. The molecule has 126 valence electrons. The van der Waals surface area contributed by atoms with Crippen LogP contribution < -0.4 is 5.32 Å². The van der Waals surface area contributed by atoms with Gasteiger partial charge in [0.2, 0.25) is 0 Å². The van der Waals surface area contributed by atoms with E-state index in [9.17, 15) is 14.4 Å². The van der Waals surface area contributed by atoms with Crippen LogP contribution >= 0.6 is 0 Å². The molecule has 1 aliphatic heterocycles. The summed E-state index contributed by atoms with van der Waals surface area (Å²) in [4.78, 5) is 35.2. The van der Waals surface area contributed by atoms with Crippen molar-refractivity contribution in [1.82, 2.24) is 0 Å². The average molecular weight is 337 g/mol. The summed E-state index contributed by atoms with van der Waals surface area (Å²) in [6.45, 7) is 1.15. The molecule has 6 nitrogen and oxygen atoms in total. The molecular formula is C19H15NO5. The van der Waals surface area contributed by atoms with Gasteiger partial charge in [-0.2, -0.15) is 0 Å². The third kappa shape index (κ3) is 3.14. The normalized spacial score (nSPS) is 14.4. The molecule has 0 fully saturated rings. The van der Waals surface area contributed by atoms with E-state index in [1.807, 2.05) is 30.3 Å². The van der Waals surface area contributed by atoms with Gasteiger partial charge in [0.1, 0.15) is 5.76 Å². The minimum absolute atomic E-state index is 0.175. The number of hydrogen-bond acceptors (Lipinski definition) is 5. The first-order valence-corrected chi connectivity index (χ1v) is 7.53. The number of benzene rings is 2. The second-order valence-corrected chi connectivity index (χ2v) is 5.37. The van der Waals surface area contributed by atoms with Crippen LogP contribution in [-0.4, -0.2) is 25.0 Å². The molecule has 0 unspecified atom stereocenters. The average Bonchev–Trinajstić information content (AvgIpc) is 2.91. The third-order valence-electron chi connectivity index (χ3n) is 3.70. The number of esters is 2. The number of ether oxygens (including phenoxy) is 2. The highest BCUT2D eigenvalue weighted by atomic mass is 16.6. The van der Waals surface area contributed by atoms with E-state index in [0.29, 0.717) is 22.6 Å². The number of carbonyl (C=O) groups excluding carboxylic acids is 3. The number of anilines is 1. The maximum atomic E-state index is 12.4. The molecule has 1 N–H and O–H groups in total. The van der Waals surface area contributed by atoms with Crippen molar-refractivity contribution in [2.24, 2.45) is 0 Å². The van der Waals surface area contributed by atoms with Gasteiger partial charge in [-0.25, -0.2) is 4.79 Å². The number of methoxy groups -OCH3 is 1. The van der Waals surface area contributed by atoms with E-state index in [1.165, 1.54) is 19.2 Å². The van der Waals surface area contributed by atoms with Crippen molar-refractivity contribution in [2.45, 2.75) is 6.92 Å². The second kappa shape index (κ2) is 6.60. The smallest absolute Gasteiger partial charge is 0.345 e. The van der Waals surface area contributed by atoms with Crippen molar-refractivity contribution in [1.29, 1.82) is 0 Å². The topological polar surface area (TPSA) is 81.7 Å². The SMILES string of the molecule is CO/C(=C1/C(=O)Nc2cc(C(=O)OC(C)=O)ccc21)c1ccccc1. The number of fused-ring (bicyclic) bond motifs is 1. The van der Waals surface area contributed by atoms with Crippen LogP contribution in [0.15, 0.2) is 48.5 Å². The molecule has 25 heavy (non-hydrogen) atoms. The van der Waals surface area contributed by atoms with Crippen molar-refractivity contribution in [3.05, 3.63) is 65.2 Å². The number of nitrogens with one attached hydrogen (secondary N) is 1. The molecule has 0 atom stereocenters. The zero-order valence-corrected chi connectivity index (χ0v) is 13.7. The number of hydrogen-bond donors (Lipinski definition) is 1. The van der Waals surface area contributed by atoms with Crippen molar-refractivity contribution in [2.75, 3.05) is 12.4 Å². The summed E-state index contributed by atoms with van der Waals surface area (Å²) in [5.41, 5.74) is 2.40. The quantitative estimate of drug-likeness (QED) is 0.403. The minimum Gasteiger partial charge on any atom is -0.495 e. The highest BCUT2D eigenvalue weighted by Gasteiger charge is 2.30. The zero-order valence-electron chi connectivity index (χ0n) is 13.7. The summed E-state index contributed by atoms with van der Waals surface area (Å²) in [5.74, 6) is -1.35. The van der Waals surface area contributed by atoms with E-state index in [2.05, 4.69) is 10.1 Å². The molecule has 1 heterocycles. The zero-order chi connectivity index (χ0) is 18.0. The molecule has 3 rings (SSSR count). The number of carbonyl (C=O) groups is 3. The third-order valence-corrected chi connectivity index (χ3v) is 3.70. The Morgan fingerprint density at radius 2 is 1.72 bits per heavy atom. The molecule has 6 heteroatoms. The van der Waals surface area contributed by atoms with Crippen LogP contribution in [0, 0.1) is 0 Å². The fraction of sp³-hybridized carbons (Fsp3) is 0.105. The first-order chi connectivity index (χ1) is 12.0. The Morgan fingerprint density at radius 1 is 1.00 bits per heavy atom. The molecule has 0 bridgehead atoms. The van der Waals surface area contributed by atoms with Gasteiger partial charge in [-0.1, -0.05) is 36.4 Å². The van der Waals surface area contributed by atoms with Gasteiger partial charge in [-0.3, -0.25) is 9.59 Å². The Morgan fingerprint density at radius 3 is 2.36 bits per heavy atom. The molecule has 0 aromatic heterocycles. The highest BCUT2D eigenvalue weighted by molar-refractivity contribution is 6.36. The maximum absolute atomic E-state index is 12.4. The van der Waals surface area contributed by atoms with Gasteiger partial charge in [0.25, 0.3) is 5.91 Å². The fourth-order valence-corrected chi connectivity index (χ4v) is 2.67. The van der Waals surface area contributed by atoms with Crippen molar-refractivity contribution in [3.63, 3.8) is 0 Å². The molecule has 1 amide bonds. The second-order valence-electron chi connectivity index (χ2n) is 5.37. The lowest BCUT2D eigenvalue weighted by Crippen LogP contribution is -2.09. The molecule has 1 aliphatic rings. The predicted molar refractivity (Wildman–Crippen MR) is 91.4 cm³/mol. The lowest BCUT2D eigenvalue weighted by atomic mass is 10.0. The van der Waals surface area contributed by atoms with Gasteiger partial charge in [0.15, 0.2) is 0 Å². The molecule has 0 saturated carbocycles. The Balaban J connectivity index is 2.07. The van der Waals surface area contributed by atoms with Crippen molar-refractivity contribution in [3.8, 4) is 0 Å². The molecule has 0 aliphatic carbocycles. The van der Waals surface area contributed by atoms with Crippen LogP contribution in [0.3, 0.4) is 0 Å². The number of amides is 1. The van der Waals surface area contributed by atoms with Gasteiger partial charge >= 0.3 is 11.9 Å². The van der Waals surface area contributed by atoms with Gasteiger partial charge in [-0.05, 0) is 12.1 Å². The van der Waals surface area contributed by atoms with Gasteiger partial charge in [0.05, 0.1) is 23.9 Å². The molecule has 0 spiro atoms. The molecule has 0 saturated heterocycles. The van der Waals surface area contributed by atoms with E-state index in [4.69, 9.17) is 4.74 Å². The Labute approximate surface area is 144 Å². The summed E-state index contributed by atoms with van der Waals surface area (Å²) in [6, 6.07) is 13.9. The van der Waals surface area contributed by atoms with E-state index in [-0.39, 0.29) is 11.5 Å². The van der Waals surface area contributed by atoms with E-state index < -0.39 is 11.9 Å². The van der Waals surface area contributed by atoms with Crippen LogP contribution in [-0.2, 0) is 19.1 Å². The van der Waals surface area contributed by atoms with Crippen LogP contribution in [0.25, 0.3) is 11.3 Å². The predicted octanol–water partition coefficient (Wildman–Crippen LogP) is 2.86. The van der Waals surface area contributed by atoms with Crippen LogP contribution in [0.4, 0.5) is 5.69 Å². The van der Waals surface area contributed by atoms with Crippen molar-refractivity contribution >= 4 is 34.9 Å². The summed E-state index contributed by atoms with van der Waals surface area (Å²) in [5, 5.41) is 2.71. The lowest BCUT2D eigenvalue weighted by Gasteiger charge is -2.10. The molecular weight excluding hydrogens is 322 g/mol. The molecule has 2 aromatic carbocycles. The van der Waals surface area contributed by atoms with E-state index in [0.717, 1.165) is 12.5 Å². The Hall–Kier alpha value is -3.41. The van der Waals surface area contributed by atoms with E-state index >= 15 is 0 Å². The minimum atomic E-state index is -0.767. The highest BCUT2D eigenvalue weighted by Crippen LogP contribution is 2.37. The molecule has 2 aromatic rings.